The quantitative estimate of drug-likeness (QED) is 0.581. The van der Waals surface area contributed by atoms with Gasteiger partial charge in [-0.3, -0.25) is 4.79 Å². The summed E-state index contributed by atoms with van der Waals surface area (Å²) in [4.78, 5) is 22.6. The van der Waals surface area contributed by atoms with Crippen LogP contribution in [-0.2, 0) is 16.1 Å². The van der Waals surface area contributed by atoms with Gasteiger partial charge in [0.1, 0.15) is 4.88 Å². The number of ether oxygens (including phenoxy) is 1. The molecule has 106 valence electrons. The number of carboxylic acid groups (broad SMARTS) is 1. The molecule has 19 heavy (non-hydrogen) atoms. The molecule has 7 heteroatoms. The fourth-order valence-corrected chi connectivity index (χ4v) is 2.23. The number of thiophene rings is 1. The minimum atomic E-state index is -0.913. The van der Waals surface area contributed by atoms with Crippen molar-refractivity contribution in [2.24, 2.45) is 0 Å². The van der Waals surface area contributed by atoms with Crippen LogP contribution in [0.3, 0.4) is 0 Å². The van der Waals surface area contributed by atoms with Crippen LogP contribution in [-0.4, -0.2) is 43.8 Å². The van der Waals surface area contributed by atoms with E-state index in [1.807, 2.05) is 0 Å². The molecule has 0 saturated carbocycles. The van der Waals surface area contributed by atoms with E-state index in [-0.39, 0.29) is 5.91 Å². The molecule has 0 bridgehead atoms. The Kier molecular flexibility index (Phi) is 7.09. The summed E-state index contributed by atoms with van der Waals surface area (Å²) in [6.45, 7) is 1.96. The summed E-state index contributed by atoms with van der Waals surface area (Å²) in [5.74, 6) is -0.961. The van der Waals surface area contributed by atoms with Crippen LogP contribution in [0.2, 0.25) is 0 Å². The van der Waals surface area contributed by atoms with Crippen molar-refractivity contribution >= 4 is 23.2 Å². The molecule has 0 aliphatic carbocycles. The van der Waals surface area contributed by atoms with E-state index in [9.17, 15) is 9.59 Å². The molecule has 0 fully saturated rings. The third-order valence-electron chi connectivity index (χ3n) is 2.41. The summed E-state index contributed by atoms with van der Waals surface area (Å²) in [7, 11) is 1.58. The lowest BCUT2D eigenvalue weighted by Crippen LogP contribution is -2.30. The van der Waals surface area contributed by atoms with E-state index in [0.717, 1.165) is 5.56 Å². The van der Waals surface area contributed by atoms with Crippen molar-refractivity contribution in [3.8, 4) is 0 Å². The van der Waals surface area contributed by atoms with Crippen molar-refractivity contribution in [1.82, 2.24) is 10.6 Å². The Morgan fingerprint density at radius 1 is 1.42 bits per heavy atom. The number of methoxy groups -OCH3 is 1. The first-order valence-corrected chi connectivity index (χ1v) is 6.79. The zero-order valence-electron chi connectivity index (χ0n) is 10.8. The number of carbonyl (C=O) groups excluding carboxylic acids is 1. The first kappa shape index (κ1) is 15.6. The van der Waals surface area contributed by atoms with Crippen molar-refractivity contribution in [1.29, 1.82) is 0 Å². The van der Waals surface area contributed by atoms with Crippen LogP contribution in [0.25, 0.3) is 0 Å². The number of aromatic carboxylic acids is 1. The van der Waals surface area contributed by atoms with Gasteiger partial charge in [-0.1, -0.05) is 0 Å². The zero-order valence-corrected chi connectivity index (χ0v) is 11.6. The minimum Gasteiger partial charge on any atom is -0.477 e. The monoisotopic (exact) mass is 286 g/mol. The molecular weight excluding hydrogens is 268 g/mol. The predicted molar refractivity (Wildman–Crippen MR) is 72.5 cm³/mol. The van der Waals surface area contributed by atoms with E-state index in [2.05, 4.69) is 10.6 Å². The van der Waals surface area contributed by atoms with Gasteiger partial charge in [0.05, 0.1) is 6.61 Å². The second kappa shape index (κ2) is 8.63. The van der Waals surface area contributed by atoms with Crippen molar-refractivity contribution in [2.75, 3.05) is 26.8 Å². The molecule has 0 atom stereocenters. The van der Waals surface area contributed by atoms with Gasteiger partial charge in [0.2, 0.25) is 5.91 Å². The summed E-state index contributed by atoms with van der Waals surface area (Å²) in [5.41, 5.74) is 0.747. The number of carbonyl (C=O) groups is 2. The largest absolute Gasteiger partial charge is 0.477 e. The van der Waals surface area contributed by atoms with Crippen LogP contribution >= 0.6 is 11.3 Å². The molecule has 1 amide bonds. The topological polar surface area (TPSA) is 87.7 Å². The van der Waals surface area contributed by atoms with Crippen LogP contribution in [0.4, 0.5) is 0 Å². The molecule has 1 rings (SSSR count). The summed E-state index contributed by atoms with van der Waals surface area (Å²) in [6.07, 6.45) is 0.357. The van der Waals surface area contributed by atoms with Crippen molar-refractivity contribution < 1.29 is 19.4 Å². The smallest absolute Gasteiger partial charge is 0.346 e. The molecule has 1 aromatic rings. The van der Waals surface area contributed by atoms with E-state index in [1.54, 1.807) is 18.6 Å². The molecular formula is C12H18N2O4S. The lowest BCUT2D eigenvalue weighted by Gasteiger charge is -2.06. The van der Waals surface area contributed by atoms with Crippen LogP contribution in [0.5, 0.6) is 0 Å². The number of carboxylic acids is 1. The Balaban J connectivity index is 2.18. The molecule has 6 nitrogen and oxygen atoms in total. The first-order valence-electron chi connectivity index (χ1n) is 5.91. The highest BCUT2D eigenvalue weighted by Crippen LogP contribution is 2.16. The van der Waals surface area contributed by atoms with E-state index in [0.29, 0.717) is 37.5 Å². The average molecular weight is 286 g/mol. The standard InChI is InChI=1S/C12H18N2O4S/c1-18-6-5-14-10(15)2-4-13-8-9-3-7-19-11(9)12(16)17/h3,7,13H,2,4-6,8H2,1H3,(H,14,15)(H,16,17). The van der Waals surface area contributed by atoms with Crippen molar-refractivity contribution in [3.05, 3.63) is 21.9 Å². The van der Waals surface area contributed by atoms with Gasteiger partial charge in [0.25, 0.3) is 0 Å². The maximum absolute atomic E-state index is 11.4. The summed E-state index contributed by atoms with van der Waals surface area (Å²) in [6, 6.07) is 1.78. The molecule has 1 heterocycles. The number of hydrogen-bond donors (Lipinski definition) is 3. The van der Waals surface area contributed by atoms with Crippen LogP contribution in [0.1, 0.15) is 21.7 Å². The summed E-state index contributed by atoms with van der Waals surface area (Å²) < 4.78 is 4.82. The molecule has 3 N–H and O–H groups in total. The Morgan fingerprint density at radius 3 is 2.89 bits per heavy atom. The number of amides is 1. The lowest BCUT2D eigenvalue weighted by atomic mass is 10.2. The highest BCUT2D eigenvalue weighted by atomic mass is 32.1. The Bertz CT molecular complexity index is 420. The fraction of sp³-hybridized carbons (Fsp3) is 0.500. The van der Waals surface area contributed by atoms with E-state index in [1.165, 1.54) is 11.3 Å². The van der Waals surface area contributed by atoms with E-state index >= 15 is 0 Å². The highest BCUT2D eigenvalue weighted by Gasteiger charge is 2.10. The Labute approximate surface area is 115 Å². The third kappa shape index (κ3) is 5.82. The van der Waals surface area contributed by atoms with Crippen LogP contribution in [0, 0.1) is 0 Å². The fourth-order valence-electron chi connectivity index (χ4n) is 1.47. The van der Waals surface area contributed by atoms with Crippen LogP contribution < -0.4 is 10.6 Å². The summed E-state index contributed by atoms with van der Waals surface area (Å²) >= 11 is 1.20. The average Bonchev–Trinajstić information content (AvgIpc) is 2.83. The van der Waals surface area contributed by atoms with Gasteiger partial charge >= 0.3 is 5.97 Å². The SMILES string of the molecule is COCCNC(=O)CCNCc1ccsc1C(=O)O. The van der Waals surface area contributed by atoms with Gasteiger partial charge in [-0.2, -0.15) is 0 Å². The maximum atomic E-state index is 11.4. The third-order valence-corrected chi connectivity index (χ3v) is 3.36. The van der Waals surface area contributed by atoms with Gasteiger partial charge in [-0.25, -0.2) is 4.79 Å². The molecule has 0 radical (unpaired) electrons. The van der Waals surface area contributed by atoms with Crippen molar-refractivity contribution in [2.45, 2.75) is 13.0 Å². The van der Waals surface area contributed by atoms with Crippen LogP contribution in [0.15, 0.2) is 11.4 Å². The molecule has 0 aromatic carbocycles. The van der Waals surface area contributed by atoms with Gasteiger partial charge in [0, 0.05) is 33.2 Å². The normalized spacial score (nSPS) is 10.4. The highest BCUT2D eigenvalue weighted by molar-refractivity contribution is 7.12. The van der Waals surface area contributed by atoms with Gasteiger partial charge < -0.3 is 20.5 Å². The lowest BCUT2D eigenvalue weighted by molar-refractivity contribution is -0.121. The number of rotatable bonds is 9. The second-order valence-electron chi connectivity index (χ2n) is 3.85. The predicted octanol–water partition coefficient (Wildman–Crippen LogP) is 0.689. The molecule has 0 aliphatic heterocycles. The molecule has 0 unspecified atom stereocenters. The summed E-state index contributed by atoms with van der Waals surface area (Å²) in [5, 5.41) is 16.4. The van der Waals surface area contributed by atoms with Gasteiger partial charge in [-0.15, -0.1) is 11.3 Å². The first-order chi connectivity index (χ1) is 9.15. The van der Waals surface area contributed by atoms with Gasteiger partial charge in [-0.05, 0) is 17.0 Å². The minimum absolute atomic E-state index is 0.0478. The van der Waals surface area contributed by atoms with E-state index in [4.69, 9.17) is 9.84 Å². The molecule has 1 aromatic heterocycles. The number of nitrogens with one attached hydrogen (secondary N) is 2. The van der Waals surface area contributed by atoms with Gasteiger partial charge in [0.15, 0.2) is 0 Å². The molecule has 0 aliphatic rings. The maximum Gasteiger partial charge on any atom is 0.346 e. The van der Waals surface area contributed by atoms with E-state index < -0.39 is 5.97 Å². The Morgan fingerprint density at radius 2 is 2.21 bits per heavy atom. The molecule has 0 saturated heterocycles. The Hall–Kier alpha value is -1.44. The molecule has 0 spiro atoms. The zero-order chi connectivity index (χ0) is 14.1. The second-order valence-corrected chi connectivity index (χ2v) is 4.77. The van der Waals surface area contributed by atoms with Crippen molar-refractivity contribution in [3.63, 3.8) is 0 Å². The number of hydrogen-bond acceptors (Lipinski definition) is 5.